The van der Waals surface area contributed by atoms with Crippen LogP contribution in [0, 0.1) is 5.82 Å². The zero-order chi connectivity index (χ0) is 26.5. The van der Waals surface area contributed by atoms with Crippen LogP contribution in [0.1, 0.15) is 38.1 Å². The second-order valence-electron chi connectivity index (χ2n) is 9.90. The molecule has 196 valence electrons. The third-order valence-electron chi connectivity index (χ3n) is 6.99. The van der Waals surface area contributed by atoms with E-state index in [9.17, 15) is 13.2 Å². The molecule has 3 heterocycles. The lowest BCUT2D eigenvalue weighted by Crippen LogP contribution is -2.45. The summed E-state index contributed by atoms with van der Waals surface area (Å²) in [5.41, 5.74) is 6.00. The van der Waals surface area contributed by atoms with Gasteiger partial charge in [-0.15, -0.1) is 10.2 Å². The third-order valence-corrected chi connectivity index (χ3v) is 9.03. The smallest absolute Gasteiger partial charge is 0.250 e. The van der Waals surface area contributed by atoms with Gasteiger partial charge in [-0.25, -0.2) is 12.8 Å². The second-order valence-corrected chi connectivity index (χ2v) is 12.3. The molecule has 12 heteroatoms. The first-order valence-corrected chi connectivity index (χ1v) is 14.0. The molecule has 37 heavy (non-hydrogen) atoms. The van der Waals surface area contributed by atoms with E-state index in [2.05, 4.69) is 15.1 Å². The number of hydrogen-bond donors (Lipinski definition) is 1. The van der Waals surface area contributed by atoms with Crippen LogP contribution in [0.3, 0.4) is 0 Å². The van der Waals surface area contributed by atoms with E-state index in [1.165, 1.54) is 11.0 Å². The lowest BCUT2D eigenvalue weighted by atomic mass is 10.0. The molecule has 0 unspecified atom stereocenters. The van der Waals surface area contributed by atoms with Crippen LogP contribution in [-0.2, 0) is 26.7 Å². The molecule has 2 aromatic carbocycles. The van der Waals surface area contributed by atoms with E-state index in [1.807, 2.05) is 13.8 Å². The Morgan fingerprint density at radius 1 is 1.16 bits per heavy atom. The Morgan fingerprint density at radius 3 is 2.51 bits per heavy atom. The van der Waals surface area contributed by atoms with Gasteiger partial charge in [0.05, 0.1) is 40.0 Å². The molecule has 2 aliphatic rings. The molecular formula is C25H27ClFN5O4S. The molecule has 0 bridgehead atoms. The van der Waals surface area contributed by atoms with Crippen LogP contribution in [0.5, 0.6) is 0 Å². The third kappa shape index (κ3) is 4.76. The molecule has 5 rings (SSSR count). The van der Waals surface area contributed by atoms with Crippen molar-refractivity contribution < 1.29 is 22.0 Å². The zero-order valence-corrected chi connectivity index (χ0v) is 22.0. The first-order chi connectivity index (χ1) is 17.5. The summed E-state index contributed by atoms with van der Waals surface area (Å²) >= 11 is 5.98. The van der Waals surface area contributed by atoms with Crippen molar-refractivity contribution in [3.05, 3.63) is 58.7 Å². The highest BCUT2D eigenvalue weighted by molar-refractivity contribution is 7.91. The number of anilines is 1. The number of likely N-dealkylation sites (tertiary alicyclic amines) is 1. The number of nitrogens with two attached hydrogens (primary N) is 1. The number of aromatic nitrogens is 2. The molecular weight excluding hydrogens is 521 g/mol. The van der Waals surface area contributed by atoms with Crippen LogP contribution < -0.4 is 10.6 Å². The van der Waals surface area contributed by atoms with Gasteiger partial charge in [0.2, 0.25) is 11.8 Å². The summed E-state index contributed by atoms with van der Waals surface area (Å²) in [5.74, 6) is -1.87. The number of amides is 1. The van der Waals surface area contributed by atoms with Gasteiger partial charge < -0.3 is 15.1 Å². The summed E-state index contributed by atoms with van der Waals surface area (Å²) in [6.07, 6.45) is 2.13. The fourth-order valence-corrected chi connectivity index (χ4v) is 6.50. The van der Waals surface area contributed by atoms with Crippen LogP contribution >= 0.6 is 11.6 Å². The number of carbonyl (C=O) groups excluding carboxylic acids is 1. The van der Waals surface area contributed by atoms with Gasteiger partial charge in [-0.2, -0.15) is 0 Å². The Hall–Kier alpha value is -2.86. The first-order valence-electron chi connectivity index (χ1n) is 11.9. The summed E-state index contributed by atoms with van der Waals surface area (Å²) in [6, 6.07) is 7.62. The number of fused-ring (bicyclic) bond motifs is 1. The van der Waals surface area contributed by atoms with Gasteiger partial charge in [-0.3, -0.25) is 9.69 Å². The van der Waals surface area contributed by atoms with E-state index in [0.717, 1.165) is 32.0 Å². The van der Waals surface area contributed by atoms with Crippen molar-refractivity contribution in [3.8, 4) is 11.5 Å². The van der Waals surface area contributed by atoms with Gasteiger partial charge in [0.25, 0.3) is 5.89 Å². The second kappa shape index (κ2) is 9.46. The van der Waals surface area contributed by atoms with E-state index in [1.54, 1.807) is 24.3 Å². The Labute approximate surface area is 219 Å². The van der Waals surface area contributed by atoms with Crippen molar-refractivity contribution in [1.82, 2.24) is 15.1 Å². The minimum atomic E-state index is -4.07. The molecule has 3 aromatic rings. The van der Waals surface area contributed by atoms with Crippen molar-refractivity contribution in [3.63, 3.8) is 0 Å². The number of halogens is 2. The summed E-state index contributed by atoms with van der Waals surface area (Å²) in [6.45, 7) is 5.71. The van der Waals surface area contributed by atoms with E-state index >= 15 is 4.39 Å². The van der Waals surface area contributed by atoms with Crippen molar-refractivity contribution in [2.45, 2.75) is 49.7 Å². The molecule has 0 spiro atoms. The molecule has 9 nitrogen and oxygen atoms in total. The Bertz CT molecular complexity index is 1450. The average molecular weight is 548 g/mol. The minimum Gasteiger partial charge on any atom is -0.419 e. The van der Waals surface area contributed by atoms with Crippen molar-refractivity contribution in [1.29, 1.82) is 0 Å². The molecule has 2 N–H and O–H groups in total. The Kier molecular flexibility index (Phi) is 6.59. The lowest BCUT2D eigenvalue weighted by molar-refractivity contribution is -0.119. The number of nitrogens with zero attached hydrogens (tertiary/aromatic N) is 4. The Morgan fingerprint density at radius 2 is 1.84 bits per heavy atom. The standard InChI is InChI=1S/C25H27ClFN5O4S/c1-25(2,31-9-3-4-10-31)24-30-29-22(36-24)17-11-20-21(12-18(17)27)37(34,35)14-19(28)23(33)32(20)13-15-5-7-16(26)8-6-15/h5-8,11-12,19H,3-4,9-10,13-14,28H2,1-2H3/t19-/m0/s1. The van der Waals surface area contributed by atoms with Gasteiger partial charge in [0, 0.05) is 5.02 Å². The first kappa shape index (κ1) is 25.8. The Balaban J connectivity index is 1.60. The SMILES string of the molecule is CC(C)(c1nnc(-c2cc3c(cc2F)S(=O)(=O)C[C@H](N)C(=O)N3Cc2ccc(Cl)cc2)o1)N1CCCC1. The van der Waals surface area contributed by atoms with Gasteiger partial charge in [0.15, 0.2) is 9.84 Å². The fraction of sp³-hybridized carbons (Fsp3) is 0.400. The van der Waals surface area contributed by atoms with Gasteiger partial charge in [-0.05, 0) is 69.6 Å². The molecule has 2 aliphatic heterocycles. The van der Waals surface area contributed by atoms with Crippen LogP contribution in [-0.4, -0.2) is 54.3 Å². The zero-order valence-electron chi connectivity index (χ0n) is 20.4. The number of benzene rings is 2. The summed E-state index contributed by atoms with van der Waals surface area (Å²) in [7, 11) is -4.07. The van der Waals surface area contributed by atoms with E-state index in [0.29, 0.717) is 16.5 Å². The topological polar surface area (TPSA) is 123 Å². The molecule has 0 aliphatic carbocycles. The molecule has 1 atom stereocenters. The van der Waals surface area contributed by atoms with Crippen LogP contribution in [0.15, 0.2) is 45.7 Å². The molecule has 0 saturated carbocycles. The van der Waals surface area contributed by atoms with E-state index in [4.69, 9.17) is 21.8 Å². The molecule has 1 aromatic heterocycles. The van der Waals surface area contributed by atoms with E-state index < -0.39 is 38.9 Å². The van der Waals surface area contributed by atoms with Crippen molar-refractivity contribution >= 4 is 33.0 Å². The monoisotopic (exact) mass is 547 g/mol. The fourth-order valence-electron chi connectivity index (χ4n) is 4.81. The predicted molar refractivity (Wildman–Crippen MR) is 136 cm³/mol. The maximum absolute atomic E-state index is 15.4. The maximum Gasteiger partial charge on any atom is 0.250 e. The van der Waals surface area contributed by atoms with Gasteiger partial charge in [0.1, 0.15) is 5.82 Å². The number of hydrogen-bond acceptors (Lipinski definition) is 8. The molecule has 1 fully saturated rings. The van der Waals surface area contributed by atoms with Crippen LogP contribution in [0.25, 0.3) is 11.5 Å². The highest BCUT2D eigenvalue weighted by Crippen LogP contribution is 2.38. The van der Waals surface area contributed by atoms with Gasteiger partial charge >= 0.3 is 0 Å². The molecule has 1 saturated heterocycles. The largest absolute Gasteiger partial charge is 0.419 e. The molecule has 1 amide bonds. The summed E-state index contributed by atoms with van der Waals surface area (Å²) < 4.78 is 47.5. The van der Waals surface area contributed by atoms with Crippen LogP contribution in [0.4, 0.5) is 10.1 Å². The van der Waals surface area contributed by atoms with Gasteiger partial charge in [-0.1, -0.05) is 23.7 Å². The highest BCUT2D eigenvalue weighted by atomic mass is 35.5. The maximum atomic E-state index is 15.4. The number of carbonyl (C=O) groups is 1. The summed E-state index contributed by atoms with van der Waals surface area (Å²) in [5, 5.41) is 8.76. The molecule has 0 radical (unpaired) electrons. The average Bonchev–Trinajstić information content (AvgIpc) is 3.55. The van der Waals surface area contributed by atoms with Crippen molar-refractivity contribution in [2.24, 2.45) is 5.73 Å². The normalized spacial score (nSPS) is 20.2. The van der Waals surface area contributed by atoms with E-state index in [-0.39, 0.29) is 28.6 Å². The number of sulfone groups is 1. The quantitative estimate of drug-likeness (QED) is 0.515. The van der Waals surface area contributed by atoms with Crippen LogP contribution in [0.2, 0.25) is 5.02 Å². The lowest BCUT2D eigenvalue weighted by Gasteiger charge is -2.31. The minimum absolute atomic E-state index is 0.00264. The van der Waals surface area contributed by atoms with Crippen molar-refractivity contribution in [2.75, 3.05) is 23.7 Å². The number of rotatable bonds is 5. The summed E-state index contributed by atoms with van der Waals surface area (Å²) in [4.78, 5) is 16.4. The highest BCUT2D eigenvalue weighted by Gasteiger charge is 2.39. The predicted octanol–water partition coefficient (Wildman–Crippen LogP) is 3.51.